The molecule has 0 aliphatic carbocycles. The fourth-order valence-electron chi connectivity index (χ4n) is 1.06. The highest BCUT2D eigenvalue weighted by Gasteiger charge is 2.10. The van der Waals surface area contributed by atoms with Gasteiger partial charge in [0.05, 0.1) is 6.33 Å². The number of carbonyl (C=O) groups excluding carboxylic acids is 1. The average Bonchev–Trinajstić information content (AvgIpc) is 2.52. The molecule has 78 valence electrons. The van der Waals surface area contributed by atoms with Gasteiger partial charge in [-0.15, -0.1) is 0 Å². The first kappa shape index (κ1) is 11.2. The summed E-state index contributed by atoms with van der Waals surface area (Å²) >= 11 is 3.33. The first-order valence-corrected chi connectivity index (χ1v) is 5.60. The second-order valence-electron chi connectivity index (χ2n) is 3.28. The summed E-state index contributed by atoms with van der Waals surface area (Å²) in [6.45, 7) is 1.97. The molecule has 1 heterocycles. The molecule has 1 aromatic heterocycles. The summed E-state index contributed by atoms with van der Waals surface area (Å²) in [5, 5.41) is 3.75. The summed E-state index contributed by atoms with van der Waals surface area (Å²) in [5.74, 6) is -0.112. The molecule has 0 bridgehead atoms. The van der Waals surface area contributed by atoms with E-state index >= 15 is 0 Å². The molecule has 1 N–H and O–H groups in total. The van der Waals surface area contributed by atoms with Crippen LogP contribution in [-0.4, -0.2) is 26.8 Å². The number of hydrogen-bond donors (Lipinski definition) is 1. The van der Waals surface area contributed by atoms with E-state index < -0.39 is 0 Å². The molecule has 1 unspecified atom stereocenters. The zero-order valence-corrected chi connectivity index (χ0v) is 9.91. The monoisotopic (exact) mass is 259 g/mol. The summed E-state index contributed by atoms with van der Waals surface area (Å²) in [6, 6.07) is 0.170. The van der Waals surface area contributed by atoms with Gasteiger partial charge in [-0.3, -0.25) is 4.79 Å². The zero-order valence-electron chi connectivity index (χ0n) is 8.33. The molecule has 5 heteroatoms. The van der Waals surface area contributed by atoms with E-state index in [0.717, 1.165) is 11.8 Å². The first-order valence-electron chi connectivity index (χ1n) is 4.48. The summed E-state index contributed by atoms with van der Waals surface area (Å²) in [4.78, 5) is 15.5. The number of halogens is 1. The largest absolute Gasteiger partial charge is 0.348 e. The minimum Gasteiger partial charge on any atom is -0.348 e. The van der Waals surface area contributed by atoms with Crippen molar-refractivity contribution >= 4 is 21.8 Å². The topological polar surface area (TPSA) is 46.9 Å². The number of aryl methyl sites for hydroxylation is 1. The Labute approximate surface area is 91.8 Å². The van der Waals surface area contributed by atoms with Gasteiger partial charge in [0.2, 0.25) is 0 Å². The fraction of sp³-hybridized carbons (Fsp3) is 0.556. The van der Waals surface area contributed by atoms with E-state index in [1.165, 1.54) is 0 Å². The minimum absolute atomic E-state index is 0.112. The Morgan fingerprint density at radius 3 is 3.00 bits per heavy atom. The van der Waals surface area contributed by atoms with Crippen molar-refractivity contribution in [3.8, 4) is 0 Å². The maximum atomic E-state index is 11.5. The summed E-state index contributed by atoms with van der Waals surface area (Å²) in [7, 11) is 1.84. The van der Waals surface area contributed by atoms with Crippen molar-refractivity contribution in [2.75, 3.05) is 5.33 Å². The average molecular weight is 260 g/mol. The summed E-state index contributed by atoms with van der Waals surface area (Å²) < 4.78 is 1.75. The molecular weight excluding hydrogens is 246 g/mol. The number of nitrogens with one attached hydrogen (secondary N) is 1. The van der Waals surface area contributed by atoms with Crippen LogP contribution < -0.4 is 5.32 Å². The molecule has 0 radical (unpaired) electrons. The fourth-order valence-corrected chi connectivity index (χ4v) is 1.75. The Balaban J connectivity index is 2.50. The number of hydrogen-bond acceptors (Lipinski definition) is 2. The number of alkyl halides is 1. The molecule has 1 atom stereocenters. The van der Waals surface area contributed by atoms with E-state index in [1.807, 2.05) is 14.0 Å². The van der Waals surface area contributed by atoms with Gasteiger partial charge in [-0.2, -0.15) is 0 Å². The lowest BCUT2D eigenvalue weighted by molar-refractivity contribution is 0.0935. The predicted molar refractivity (Wildman–Crippen MR) is 58.5 cm³/mol. The Kier molecular flexibility index (Phi) is 4.13. The second-order valence-corrected chi connectivity index (χ2v) is 4.07. The third kappa shape index (κ3) is 3.14. The third-order valence-corrected chi connectivity index (χ3v) is 2.31. The van der Waals surface area contributed by atoms with E-state index in [2.05, 4.69) is 26.2 Å². The van der Waals surface area contributed by atoms with E-state index in [1.54, 1.807) is 17.1 Å². The van der Waals surface area contributed by atoms with Crippen LogP contribution in [0.25, 0.3) is 0 Å². The van der Waals surface area contributed by atoms with Gasteiger partial charge in [0.1, 0.15) is 5.69 Å². The smallest absolute Gasteiger partial charge is 0.271 e. The summed E-state index contributed by atoms with van der Waals surface area (Å²) in [5.41, 5.74) is 0.467. The van der Waals surface area contributed by atoms with E-state index in [-0.39, 0.29) is 11.9 Å². The molecule has 0 saturated carbocycles. The Morgan fingerprint density at radius 2 is 2.50 bits per heavy atom. The van der Waals surface area contributed by atoms with Crippen LogP contribution in [-0.2, 0) is 7.05 Å². The van der Waals surface area contributed by atoms with Gasteiger partial charge in [-0.05, 0) is 13.3 Å². The highest BCUT2D eigenvalue weighted by Crippen LogP contribution is 1.98. The Hall–Kier alpha value is -0.840. The van der Waals surface area contributed by atoms with Crippen molar-refractivity contribution in [2.24, 2.45) is 7.05 Å². The highest BCUT2D eigenvalue weighted by molar-refractivity contribution is 9.09. The van der Waals surface area contributed by atoms with Crippen LogP contribution >= 0.6 is 15.9 Å². The van der Waals surface area contributed by atoms with Crippen LogP contribution in [0, 0.1) is 0 Å². The van der Waals surface area contributed by atoms with Gasteiger partial charge in [0.15, 0.2) is 0 Å². The van der Waals surface area contributed by atoms with Crippen molar-refractivity contribution in [1.82, 2.24) is 14.9 Å². The number of rotatable bonds is 4. The van der Waals surface area contributed by atoms with Crippen LogP contribution in [0.3, 0.4) is 0 Å². The number of carbonyl (C=O) groups is 1. The number of imidazole rings is 1. The molecule has 14 heavy (non-hydrogen) atoms. The lowest BCUT2D eigenvalue weighted by atomic mass is 10.2. The predicted octanol–water partition coefficient (Wildman–Crippen LogP) is 1.32. The van der Waals surface area contributed by atoms with Gasteiger partial charge in [-0.25, -0.2) is 4.98 Å². The molecule has 1 amide bonds. The van der Waals surface area contributed by atoms with Crippen LogP contribution in [0.4, 0.5) is 0 Å². The number of aromatic nitrogens is 2. The van der Waals surface area contributed by atoms with Crippen LogP contribution in [0.5, 0.6) is 0 Å². The SMILES string of the molecule is CC(CCBr)NC(=O)c1cn(C)cn1. The molecule has 0 saturated heterocycles. The Morgan fingerprint density at radius 1 is 1.79 bits per heavy atom. The zero-order chi connectivity index (χ0) is 10.6. The van der Waals surface area contributed by atoms with Gasteiger partial charge in [0.25, 0.3) is 5.91 Å². The minimum atomic E-state index is -0.112. The lowest BCUT2D eigenvalue weighted by Crippen LogP contribution is -2.32. The van der Waals surface area contributed by atoms with Crippen molar-refractivity contribution in [1.29, 1.82) is 0 Å². The molecule has 0 fully saturated rings. The molecule has 1 rings (SSSR count). The van der Waals surface area contributed by atoms with Gasteiger partial charge in [0, 0.05) is 24.6 Å². The van der Waals surface area contributed by atoms with Crippen molar-refractivity contribution < 1.29 is 4.79 Å². The molecule has 0 aliphatic heterocycles. The van der Waals surface area contributed by atoms with Gasteiger partial charge >= 0.3 is 0 Å². The lowest BCUT2D eigenvalue weighted by Gasteiger charge is -2.10. The third-order valence-electron chi connectivity index (χ3n) is 1.86. The molecule has 1 aromatic rings. The molecule has 0 aromatic carbocycles. The van der Waals surface area contributed by atoms with Crippen LogP contribution in [0.15, 0.2) is 12.5 Å². The maximum absolute atomic E-state index is 11.5. The molecular formula is C9H14BrN3O. The maximum Gasteiger partial charge on any atom is 0.271 e. The number of nitrogens with zero attached hydrogens (tertiary/aromatic N) is 2. The van der Waals surface area contributed by atoms with Crippen LogP contribution in [0.2, 0.25) is 0 Å². The highest BCUT2D eigenvalue weighted by atomic mass is 79.9. The van der Waals surface area contributed by atoms with Gasteiger partial charge in [-0.1, -0.05) is 15.9 Å². The van der Waals surface area contributed by atoms with Gasteiger partial charge < -0.3 is 9.88 Å². The molecule has 4 nitrogen and oxygen atoms in total. The first-order chi connectivity index (χ1) is 6.63. The van der Waals surface area contributed by atoms with Crippen molar-refractivity contribution in [2.45, 2.75) is 19.4 Å². The molecule has 0 spiro atoms. The quantitative estimate of drug-likeness (QED) is 0.830. The Bertz CT molecular complexity index is 311. The van der Waals surface area contributed by atoms with E-state index in [4.69, 9.17) is 0 Å². The van der Waals surface area contributed by atoms with Crippen LogP contribution in [0.1, 0.15) is 23.8 Å². The molecule has 0 aliphatic rings. The second kappa shape index (κ2) is 5.14. The van der Waals surface area contributed by atoms with Crippen molar-refractivity contribution in [3.05, 3.63) is 18.2 Å². The standard InChI is InChI=1S/C9H14BrN3O/c1-7(3-4-10)12-9(14)8-5-13(2)6-11-8/h5-7H,3-4H2,1-2H3,(H,12,14). The van der Waals surface area contributed by atoms with E-state index in [0.29, 0.717) is 5.69 Å². The normalized spacial score (nSPS) is 12.5. The summed E-state index contributed by atoms with van der Waals surface area (Å²) in [6.07, 6.45) is 4.23. The van der Waals surface area contributed by atoms with E-state index in [9.17, 15) is 4.79 Å². The van der Waals surface area contributed by atoms with Crippen molar-refractivity contribution in [3.63, 3.8) is 0 Å². The number of amides is 1.